The van der Waals surface area contributed by atoms with E-state index in [1.54, 1.807) is 6.92 Å². The van der Waals surface area contributed by atoms with Gasteiger partial charge in [-0.1, -0.05) is 71.9 Å². The molecule has 1 amide bonds. The van der Waals surface area contributed by atoms with Gasteiger partial charge in [-0.25, -0.2) is 0 Å². The predicted octanol–water partition coefficient (Wildman–Crippen LogP) is 4.82. The first-order chi connectivity index (χ1) is 17.0. The number of carbonyl (C=O) groups excluding carboxylic acids is 4. The Hall–Kier alpha value is -2.54. The molecule has 1 aromatic rings. The largest absolute Gasteiger partial charge is 0.460 e. The number of carbonyl (C=O) groups is 4. The average molecular weight is 505 g/mol. The number of esters is 1. The molecule has 0 bridgehead atoms. The maximum atomic E-state index is 12.0. The molecule has 3 atom stereocenters. The van der Waals surface area contributed by atoms with Crippen molar-refractivity contribution >= 4 is 23.9 Å². The number of ether oxygens (including phenoxy) is 1. The van der Waals surface area contributed by atoms with Gasteiger partial charge in [0, 0.05) is 6.42 Å². The molecular weight excluding hydrogens is 456 g/mol. The molecule has 0 heterocycles. The number of nitrogens with one attached hydrogen (secondary N) is 1. The van der Waals surface area contributed by atoms with E-state index in [0.717, 1.165) is 31.2 Å². The van der Waals surface area contributed by atoms with E-state index in [4.69, 9.17) is 4.74 Å². The number of Topliss-reactive ketones (excluding diaryl/α,β-unsaturated/α-hetero) is 1. The third-order valence-corrected chi connectivity index (χ3v) is 5.69. The van der Waals surface area contributed by atoms with E-state index < -0.39 is 12.0 Å². The lowest BCUT2D eigenvalue weighted by Crippen LogP contribution is -2.42. The highest BCUT2D eigenvalue weighted by Gasteiger charge is 2.24. The number of likely N-dealkylation sites (N-methyl/N-ethyl adjacent to an activating group) is 1. The Kier molecular flexibility index (Phi) is 17.4. The second kappa shape index (κ2) is 18.7. The Morgan fingerprint density at radius 1 is 1.00 bits per heavy atom. The minimum absolute atomic E-state index is 0.0725. The van der Waals surface area contributed by atoms with Gasteiger partial charge in [0.05, 0.1) is 12.0 Å². The summed E-state index contributed by atoms with van der Waals surface area (Å²) in [6.45, 7) is 14.8. The number of hydrogen-bond acceptors (Lipinski definition) is 6. The summed E-state index contributed by atoms with van der Waals surface area (Å²) in [5, 5.41) is 2.62. The van der Waals surface area contributed by atoms with Crippen LogP contribution in [0.3, 0.4) is 0 Å². The molecule has 0 radical (unpaired) electrons. The van der Waals surface area contributed by atoms with E-state index in [2.05, 4.69) is 17.1 Å². The lowest BCUT2D eigenvalue weighted by Gasteiger charge is -2.24. The summed E-state index contributed by atoms with van der Waals surface area (Å²) < 4.78 is 5.37. The van der Waals surface area contributed by atoms with Crippen molar-refractivity contribution in [2.45, 2.75) is 92.8 Å². The molecule has 3 unspecified atom stereocenters. The second-order valence-electron chi connectivity index (χ2n) is 10.2. The molecule has 7 heteroatoms. The van der Waals surface area contributed by atoms with Crippen LogP contribution >= 0.6 is 0 Å². The van der Waals surface area contributed by atoms with E-state index in [1.165, 1.54) is 0 Å². The van der Waals surface area contributed by atoms with Gasteiger partial charge < -0.3 is 14.8 Å². The topological polar surface area (TPSA) is 92.8 Å². The van der Waals surface area contributed by atoms with Crippen molar-refractivity contribution in [2.75, 3.05) is 13.6 Å². The Balaban J connectivity index is 0.000000681. The van der Waals surface area contributed by atoms with Crippen LogP contribution in [0.25, 0.3) is 0 Å². The highest BCUT2D eigenvalue weighted by atomic mass is 16.5. The smallest absolute Gasteiger partial charge is 0.323 e. The Morgan fingerprint density at radius 3 is 2.08 bits per heavy atom. The van der Waals surface area contributed by atoms with Crippen LogP contribution in [0, 0.1) is 17.8 Å². The van der Waals surface area contributed by atoms with Crippen LogP contribution in [0.4, 0.5) is 0 Å². The minimum Gasteiger partial charge on any atom is -0.460 e. The summed E-state index contributed by atoms with van der Waals surface area (Å²) in [7, 11) is 1.97. The number of aldehydes is 1. The van der Waals surface area contributed by atoms with Crippen LogP contribution in [0.2, 0.25) is 0 Å². The third-order valence-electron chi connectivity index (χ3n) is 5.69. The molecule has 0 aliphatic carbocycles. The molecule has 1 N–H and O–H groups in total. The lowest BCUT2D eigenvalue weighted by atomic mass is 9.96. The van der Waals surface area contributed by atoms with Gasteiger partial charge in [0.15, 0.2) is 0 Å². The molecule has 1 rings (SSSR count). The van der Waals surface area contributed by atoms with Gasteiger partial charge >= 0.3 is 5.97 Å². The van der Waals surface area contributed by atoms with E-state index in [1.807, 2.05) is 72.0 Å². The fraction of sp³-hybridized carbons (Fsp3) is 0.655. The fourth-order valence-corrected chi connectivity index (χ4v) is 3.68. The summed E-state index contributed by atoms with van der Waals surface area (Å²) in [6, 6.07) is 9.15. The molecule has 0 fully saturated rings. The molecule has 204 valence electrons. The van der Waals surface area contributed by atoms with Crippen molar-refractivity contribution in [1.82, 2.24) is 10.2 Å². The average Bonchev–Trinajstić information content (AvgIpc) is 2.82. The zero-order valence-electron chi connectivity index (χ0n) is 23.6. The van der Waals surface area contributed by atoms with Crippen LogP contribution in [0.1, 0.15) is 79.7 Å². The molecular formula is C29H48N2O5. The summed E-state index contributed by atoms with van der Waals surface area (Å²) in [5.41, 5.74) is 1.03. The van der Waals surface area contributed by atoms with Crippen molar-refractivity contribution in [2.24, 2.45) is 17.8 Å². The normalized spacial score (nSPS) is 13.4. The van der Waals surface area contributed by atoms with E-state index >= 15 is 0 Å². The van der Waals surface area contributed by atoms with Gasteiger partial charge in [-0.3, -0.25) is 19.3 Å². The number of hydrogen-bond donors (Lipinski definition) is 1. The second-order valence-corrected chi connectivity index (χ2v) is 10.2. The SMILES string of the molecule is CC(C)CC(=O)C(C)C(=O)NC(C=O)CC(C)C.CCCN(C)C(CC)C(=O)OCc1ccccc1. The van der Waals surface area contributed by atoms with Crippen molar-refractivity contribution in [1.29, 1.82) is 0 Å². The first-order valence-electron chi connectivity index (χ1n) is 13.2. The van der Waals surface area contributed by atoms with E-state index in [9.17, 15) is 19.2 Å². The minimum atomic E-state index is -0.679. The Labute approximate surface area is 218 Å². The third kappa shape index (κ3) is 14.1. The van der Waals surface area contributed by atoms with Crippen LogP contribution in [-0.4, -0.2) is 54.5 Å². The monoisotopic (exact) mass is 504 g/mol. The highest BCUT2D eigenvalue weighted by molar-refractivity contribution is 6.01. The fourth-order valence-electron chi connectivity index (χ4n) is 3.68. The maximum Gasteiger partial charge on any atom is 0.323 e. The summed E-state index contributed by atoms with van der Waals surface area (Å²) in [4.78, 5) is 48.5. The summed E-state index contributed by atoms with van der Waals surface area (Å²) in [6.07, 6.45) is 3.55. The molecule has 36 heavy (non-hydrogen) atoms. The Bertz CT molecular complexity index is 779. The quantitative estimate of drug-likeness (QED) is 0.209. The molecule has 0 aromatic heterocycles. The van der Waals surface area contributed by atoms with Gasteiger partial charge in [0.25, 0.3) is 0 Å². The summed E-state index contributed by atoms with van der Waals surface area (Å²) in [5.74, 6) is -0.665. The number of ketones is 1. The number of benzene rings is 1. The van der Waals surface area contributed by atoms with Crippen LogP contribution in [0.5, 0.6) is 0 Å². The van der Waals surface area contributed by atoms with Crippen molar-refractivity contribution in [3.63, 3.8) is 0 Å². The number of amides is 1. The van der Waals surface area contributed by atoms with Gasteiger partial charge in [-0.2, -0.15) is 0 Å². The zero-order chi connectivity index (χ0) is 27.7. The maximum absolute atomic E-state index is 12.0. The molecule has 1 aromatic carbocycles. The molecule has 0 saturated heterocycles. The number of nitrogens with zero attached hydrogens (tertiary/aromatic N) is 1. The van der Waals surface area contributed by atoms with Crippen LogP contribution < -0.4 is 5.32 Å². The first-order valence-corrected chi connectivity index (χ1v) is 13.2. The van der Waals surface area contributed by atoms with Crippen LogP contribution in [0.15, 0.2) is 30.3 Å². The lowest BCUT2D eigenvalue weighted by molar-refractivity contribution is -0.151. The molecule has 7 nitrogen and oxygen atoms in total. The zero-order valence-corrected chi connectivity index (χ0v) is 23.6. The van der Waals surface area contributed by atoms with Crippen molar-refractivity contribution in [3.8, 4) is 0 Å². The first kappa shape index (κ1) is 33.5. The van der Waals surface area contributed by atoms with Gasteiger partial charge in [-0.05, 0) is 57.2 Å². The van der Waals surface area contributed by atoms with Crippen LogP contribution in [-0.2, 0) is 30.5 Å². The van der Waals surface area contributed by atoms with E-state index in [-0.39, 0.29) is 29.6 Å². The number of rotatable bonds is 15. The van der Waals surface area contributed by atoms with Gasteiger partial charge in [-0.15, -0.1) is 0 Å². The van der Waals surface area contributed by atoms with Gasteiger partial charge in [0.2, 0.25) is 5.91 Å². The predicted molar refractivity (Wildman–Crippen MR) is 144 cm³/mol. The highest BCUT2D eigenvalue weighted by Crippen LogP contribution is 2.10. The van der Waals surface area contributed by atoms with Gasteiger partial charge in [0.1, 0.15) is 24.7 Å². The van der Waals surface area contributed by atoms with Crippen molar-refractivity contribution in [3.05, 3.63) is 35.9 Å². The molecule has 0 aliphatic rings. The van der Waals surface area contributed by atoms with E-state index in [0.29, 0.717) is 25.4 Å². The Morgan fingerprint density at radius 2 is 1.61 bits per heavy atom. The molecule has 0 aliphatic heterocycles. The summed E-state index contributed by atoms with van der Waals surface area (Å²) >= 11 is 0. The molecule has 0 spiro atoms. The van der Waals surface area contributed by atoms with Crippen molar-refractivity contribution < 1.29 is 23.9 Å². The standard InChI is InChI=1S/C15H23NO2.C14H25NO3/c1-4-11-16(3)14(5-2)15(17)18-12-13-9-7-6-8-10-13;1-9(2)6-12(8-16)15-14(18)11(5)13(17)7-10(3)4/h6-10,14H,4-5,11-12H2,1-3H3;8-12H,6-7H2,1-5H3,(H,15,18). The molecule has 0 saturated carbocycles.